The van der Waals surface area contributed by atoms with Gasteiger partial charge in [-0.15, -0.1) is 5.69 Å². The number of hydrogen-bond acceptors (Lipinski definition) is 5. The Bertz CT molecular complexity index is 933. The average molecular weight is 661 g/mol. The Morgan fingerprint density at radius 3 is 2.50 bits per heavy atom. The molecule has 2 aliphatic heterocycles. The van der Waals surface area contributed by atoms with E-state index in [1.54, 1.807) is 14.1 Å². The molecule has 32 heavy (non-hydrogen) atoms. The molecule has 2 amide bonds. The summed E-state index contributed by atoms with van der Waals surface area (Å²) in [5, 5.41) is 13.6. The van der Waals surface area contributed by atoms with Gasteiger partial charge in [-0.3, -0.25) is 9.69 Å². The van der Waals surface area contributed by atoms with E-state index in [1.807, 2.05) is 32.0 Å². The molecule has 0 bridgehead atoms. The Kier molecular flexibility index (Phi) is 10.2. The summed E-state index contributed by atoms with van der Waals surface area (Å²) in [6.45, 7) is 7.00. The van der Waals surface area contributed by atoms with Crippen molar-refractivity contribution < 1.29 is 40.7 Å². The van der Waals surface area contributed by atoms with Gasteiger partial charge in [0.15, 0.2) is 0 Å². The fraction of sp³-hybridized carbons (Fsp3) is 0.435. The number of anilines is 1. The Morgan fingerprint density at radius 1 is 1.22 bits per heavy atom. The van der Waals surface area contributed by atoms with Gasteiger partial charge >= 0.3 is 31.1 Å². The Morgan fingerprint density at radius 2 is 1.91 bits per heavy atom. The van der Waals surface area contributed by atoms with Crippen LogP contribution < -0.4 is 10.6 Å². The van der Waals surface area contributed by atoms with Crippen LogP contribution >= 0.6 is 0 Å². The summed E-state index contributed by atoms with van der Waals surface area (Å²) >= 11 is 0. The normalized spacial score (nSPS) is 14.8. The van der Waals surface area contributed by atoms with E-state index in [9.17, 15) is 9.59 Å². The minimum atomic E-state index is -0.209. The monoisotopic (exact) mass is 660 g/mol. The van der Waals surface area contributed by atoms with Gasteiger partial charge in [0.2, 0.25) is 5.91 Å². The number of hydrogen-bond donors (Lipinski definition) is 2. The first-order valence-electron chi connectivity index (χ1n) is 10.5. The van der Waals surface area contributed by atoms with Gasteiger partial charge in [0.1, 0.15) is 5.82 Å². The minimum Gasteiger partial charge on any atom is -0.668 e. The number of amides is 2. The van der Waals surface area contributed by atoms with E-state index in [2.05, 4.69) is 43.3 Å². The predicted molar refractivity (Wildman–Crippen MR) is 124 cm³/mol. The Labute approximate surface area is 213 Å². The van der Waals surface area contributed by atoms with Gasteiger partial charge < -0.3 is 26.1 Å². The number of pyridine rings is 1. The number of fused-ring (bicyclic) bond motifs is 1. The van der Waals surface area contributed by atoms with Gasteiger partial charge in [-0.25, -0.2) is 4.98 Å². The number of rotatable bonds is 6. The van der Waals surface area contributed by atoms with E-state index in [-0.39, 0.29) is 49.0 Å². The molecule has 1 saturated heterocycles. The molecule has 2 aromatic rings. The van der Waals surface area contributed by atoms with Gasteiger partial charge in [-0.1, -0.05) is 24.3 Å². The van der Waals surface area contributed by atoms with Crippen molar-refractivity contribution >= 4 is 23.3 Å². The van der Waals surface area contributed by atoms with E-state index >= 15 is 0 Å². The van der Waals surface area contributed by atoms with Crippen molar-refractivity contribution in [2.75, 3.05) is 45.6 Å². The first-order chi connectivity index (χ1) is 14.9. The van der Waals surface area contributed by atoms with Crippen molar-refractivity contribution in [1.82, 2.24) is 15.2 Å². The van der Waals surface area contributed by atoms with E-state index in [0.717, 1.165) is 37.3 Å². The molecule has 1 aromatic heterocycles. The number of benzene rings is 1. The molecular formula is C23H30N6O2U. The third kappa shape index (κ3) is 6.79. The predicted octanol–water partition coefficient (Wildman–Crippen LogP) is 3.32. The molecule has 0 aliphatic carbocycles. The number of aromatic nitrogens is 1. The molecule has 4 rings (SSSR count). The molecule has 8 nitrogen and oxygen atoms in total. The first kappa shape index (κ1) is 26.3. The summed E-state index contributed by atoms with van der Waals surface area (Å²) in [5.41, 5.74) is 4.30. The maximum atomic E-state index is 11.8. The average Bonchev–Trinajstić information content (AvgIpc) is 2.71. The van der Waals surface area contributed by atoms with E-state index < -0.39 is 0 Å². The van der Waals surface area contributed by atoms with Gasteiger partial charge in [-0.05, 0) is 31.9 Å². The molecule has 1 fully saturated rings. The van der Waals surface area contributed by atoms with Crippen LogP contribution in [-0.4, -0.2) is 68.0 Å². The summed E-state index contributed by atoms with van der Waals surface area (Å²) in [5.74, 6) is 0.497. The summed E-state index contributed by atoms with van der Waals surface area (Å²) in [6.07, 6.45) is 0.898. The van der Waals surface area contributed by atoms with Crippen LogP contribution in [0.2, 0.25) is 0 Å². The molecule has 0 saturated carbocycles. The second-order valence-corrected chi connectivity index (χ2v) is 7.99. The zero-order valence-corrected chi connectivity index (χ0v) is 23.3. The van der Waals surface area contributed by atoms with Crippen LogP contribution in [0.5, 0.6) is 0 Å². The van der Waals surface area contributed by atoms with Gasteiger partial charge in [0.05, 0.1) is 18.1 Å². The van der Waals surface area contributed by atoms with Crippen LogP contribution in [0.15, 0.2) is 30.3 Å². The first-order valence-corrected chi connectivity index (χ1v) is 10.5. The van der Waals surface area contributed by atoms with E-state index in [4.69, 9.17) is 0 Å². The molecule has 0 spiro atoms. The molecule has 2 N–H and O–H groups in total. The fourth-order valence-corrected chi connectivity index (χ4v) is 3.48. The maximum Gasteiger partial charge on any atom is 2.00 e. The van der Waals surface area contributed by atoms with Crippen LogP contribution in [0.4, 0.5) is 11.5 Å². The second-order valence-electron chi connectivity index (χ2n) is 7.99. The van der Waals surface area contributed by atoms with Crippen molar-refractivity contribution in [3.05, 3.63) is 52.1 Å². The molecule has 9 heteroatoms. The smallest absolute Gasteiger partial charge is 0.668 e. The van der Waals surface area contributed by atoms with Crippen molar-refractivity contribution in [3.63, 3.8) is 0 Å². The van der Waals surface area contributed by atoms with Crippen LogP contribution in [0.25, 0.3) is 21.9 Å². The van der Waals surface area contributed by atoms with Crippen LogP contribution in [-0.2, 0) is 11.2 Å². The van der Waals surface area contributed by atoms with Gasteiger partial charge in [-0.2, -0.15) is 14.1 Å². The number of nitrogens with one attached hydrogen (secondary N) is 2. The fourth-order valence-electron chi connectivity index (χ4n) is 3.48. The van der Waals surface area contributed by atoms with Gasteiger partial charge in [0, 0.05) is 36.8 Å². The van der Waals surface area contributed by atoms with E-state index in [1.165, 1.54) is 5.56 Å². The maximum absolute atomic E-state index is 11.8. The molecule has 2 aliphatic rings. The van der Waals surface area contributed by atoms with Crippen LogP contribution in [0.3, 0.4) is 0 Å². The number of carbonyl (C=O) groups excluding carboxylic acids is 2. The number of nitrogens with zero attached hydrogens (tertiary/aromatic N) is 4. The summed E-state index contributed by atoms with van der Waals surface area (Å²) in [4.78, 5) is 30.1. The van der Waals surface area contributed by atoms with Gasteiger partial charge in [0.25, 0.3) is 0 Å². The molecular weight excluding hydrogens is 630 g/mol. The van der Waals surface area contributed by atoms with Crippen molar-refractivity contribution in [2.24, 2.45) is 0 Å². The molecule has 168 valence electrons. The quantitative estimate of drug-likeness (QED) is 0.496. The standard InChI is InChI=1S/C21H25N5O2.C2H6N.U/c1-13(2)23-20-19-17(25-21(19)28)11-16(24-20)15-5-3-14(4-6-15)7-9-26-10-8-22-18(27)12-26;1-3-2;/h3-6,11,13H,7-10,12H2,1-2H3,(H3,22,23,24,25,27,28);1-2H3;/q;-1;+2/p-1. The molecule has 3 heterocycles. The van der Waals surface area contributed by atoms with E-state index in [0.29, 0.717) is 23.6 Å². The van der Waals surface area contributed by atoms with Crippen LogP contribution in [0.1, 0.15) is 29.8 Å². The van der Waals surface area contributed by atoms with Crippen molar-refractivity contribution in [1.29, 1.82) is 0 Å². The van der Waals surface area contributed by atoms with Crippen molar-refractivity contribution in [3.8, 4) is 11.3 Å². The van der Waals surface area contributed by atoms with Crippen LogP contribution in [0, 0.1) is 31.1 Å². The third-order valence-corrected chi connectivity index (χ3v) is 4.94. The SMILES string of the molecule is CC(C)Nc1nc(-c2ccc(CCN3CCNC(=O)C3)cc2)cc2c1C(=O)[N-]2.C[N-]C.[U+2]. The minimum absolute atomic E-state index is 0. The Balaban J connectivity index is 0.000000860. The number of piperazine rings is 1. The summed E-state index contributed by atoms with van der Waals surface area (Å²) in [6, 6.07) is 10.3. The zero-order chi connectivity index (χ0) is 22.4. The largest absolute Gasteiger partial charge is 2.00 e. The third-order valence-electron chi connectivity index (χ3n) is 4.94. The van der Waals surface area contributed by atoms with Crippen molar-refractivity contribution in [2.45, 2.75) is 26.3 Å². The molecule has 0 radical (unpaired) electrons. The second kappa shape index (κ2) is 12.4. The summed E-state index contributed by atoms with van der Waals surface area (Å²) < 4.78 is 0. The Hall–Kier alpha value is -1.92. The molecule has 0 atom stereocenters. The zero-order valence-electron chi connectivity index (χ0n) is 19.1. The number of carbonyl (C=O) groups is 2. The molecule has 0 unspecified atom stereocenters. The summed E-state index contributed by atoms with van der Waals surface area (Å²) in [7, 11) is 3.50. The molecule has 1 aromatic carbocycles. The topological polar surface area (TPSA) is 103 Å².